The number of Topliss-reactive ketones (excluding diaryl/α,β-unsaturated/α-hetero) is 2. The highest BCUT2D eigenvalue weighted by atomic mass is 16.4. The number of carboxylic acids is 1. The molecule has 1 aliphatic carbocycles. The summed E-state index contributed by atoms with van der Waals surface area (Å²) in [5.74, 6) is -2.52. The Bertz CT molecular complexity index is 1620. The van der Waals surface area contributed by atoms with Crippen LogP contribution in [0, 0.1) is 0 Å². The first-order valence-corrected chi connectivity index (χ1v) is 15.4. The Morgan fingerprint density at radius 3 is 1.87 bits per heavy atom. The van der Waals surface area contributed by atoms with Gasteiger partial charge in [-0.15, -0.1) is 0 Å². The number of aliphatic hydroxyl groups is 1. The molecule has 0 saturated heterocycles. The third-order valence-corrected chi connectivity index (χ3v) is 8.53. The van der Waals surface area contributed by atoms with Crippen LogP contribution in [-0.2, 0) is 4.79 Å². The van der Waals surface area contributed by atoms with Gasteiger partial charge in [0.1, 0.15) is 6.23 Å². The Kier molecular flexibility index (Phi) is 10.3. The van der Waals surface area contributed by atoms with Crippen molar-refractivity contribution >= 4 is 23.4 Å². The van der Waals surface area contributed by atoms with Crippen LogP contribution in [0.2, 0.25) is 0 Å². The third kappa shape index (κ3) is 8.19. The fraction of sp³-hybridized carbons (Fsp3) is 0.263. The molecule has 0 heterocycles. The number of benzene rings is 4. The Balaban J connectivity index is 1.37. The number of hydrogen-bond acceptors (Lipinski definition) is 5. The Morgan fingerprint density at radius 1 is 0.667 bits per heavy atom. The Morgan fingerprint density at radius 2 is 1.24 bits per heavy atom. The smallest absolute Gasteiger partial charge is 0.307 e. The monoisotopic (exact) mass is 603 g/mol. The van der Waals surface area contributed by atoms with Crippen molar-refractivity contribution < 1.29 is 29.4 Å². The summed E-state index contributed by atoms with van der Waals surface area (Å²) in [4.78, 5) is 50.8. The van der Waals surface area contributed by atoms with Crippen LogP contribution in [0.1, 0.15) is 99.0 Å². The van der Waals surface area contributed by atoms with Crippen LogP contribution >= 0.6 is 0 Å². The number of hydrogen-bond donors (Lipinski definition) is 3. The summed E-state index contributed by atoms with van der Waals surface area (Å²) in [6.45, 7) is 0. The standard InChI is InChI=1S/C38H37NO6/c40-34(30-17-13-28(14-18-30)26-9-5-2-6-10-26)23-33(29-15-11-27(12-16-29)25-7-3-1-4-8-25)37(44)31-19-21-32(22-20-31)38(45)39-35(41)24-36(42)43/h2,5-6,9-22,25,33,35,41H,1,3-4,7-8,23-24H2,(H,39,45)(H,42,43). The average Bonchev–Trinajstić information content (AvgIpc) is 3.07. The number of carbonyl (C=O) groups excluding carboxylic acids is 3. The zero-order valence-corrected chi connectivity index (χ0v) is 25.0. The van der Waals surface area contributed by atoms with Gasteiger partial charge in [0.25, 0.3) is 5.91 Å². The lowest BCUT2D eigenvalue weighted by Gasteiger charge is -2.23. The molecule has 1 aliphatic rings. The Labute approximate surface area is 262 Å². The molecule has 1 saturated carbocycles. The first-order valence-electron chi connectivity index (χ1n) is 15.4. The second-order valence-corrected chi connectivity index (χ2v) is 11.7. The number of carboxylic acid groups (broad SMARTS) is 1. The molecule has 3 N–H and O–H groups in total. The van der Waals surface area contributed by atoms with Crippen molar-refractivity contribution in [3.63, 3.8) is 0 Å². The fourth-order valence-corrected chi connectivity index (χ4v) is 6.02. The number of amides is 1. The van der Waals surface area contributed by atoms with Gasteiger partial charge in [0.05, 0.1) is 12.3 Å². The summed E-state index contributed by atoms with van der Waals surface area (Å²) in [6.07, 6.45) is 3.84. The molecule has 0 radical (unpaired) electrons. The van der Waals surface area contributed by atoms with Crippen molar-refractivity contribution in [3.05, 3.63) is 131 Å². The highest BCUT2D eigenvalue weighted by Gasteiger charge is 2.27. The summed E-state index contributed by atoms with van der Waals surface area (Å²) in [5, 5.41) is 20.8. The molecule has 4 aromatic rings. The first-order chi connectivity index (χ1) is 21.8. The van der Waals surface area contributed by atoms with E-state index >= 15 is 0 Å². The molecule has 0 bridgehead atoms. The predicted octanol–water partition coefficient (Wildman–Crippen LogP) is 7.16. The molecular formula is C38H37NO6. The number of ketones is 2. The van der Waals surface area contributed by atoms with Gasteiger partial charge in [0, 0.05) is 23.1 Å². The fourth-order valence-electron chi connectivity index (χ4n) is 6.02. The van der Waals surface area contributed by atoms with Gasteiger partial charge in [-0.2, -0.15) is 0 Å². The van der Waals surface area contributed by atoms with Gasteiger partial charge in [0.2, 0.25) is 0 Å². The summed E-state index contributed by atoms with van der Waals surface area (Å²) in [7, 11) is 0. The first kappa shape index (κ1) is 31.5. The van der Waals surface area contributed by atoms with Gasteiger partial charge in [-0.3, -0.25) is 19.2 Å². The van der Waals surface area contributed by atoms with Crippen LogP contribution in [0.3, 0.4) is 0 Å². The lowest BCUT2D eigenvalue weighted by molar-refractivity contribution is -0.139. The van der Waals surface area contributed by atoms with Gasteiger partial charge in [-0.1, -0.05) is 110 Å². The second kappa shape index (κ2) is 14.7. The molecule has 0 aromatic heterocycles. The minimum absolute atomic E-state index is 0.0179. The van der Waals surface area contributed by atoms with E-state index in [1.165, 1.54) is 49.1 Å². The topological polar surface area (TPSA) is 121 Å². The van der Waals surface area contributed by atoms with Gasteiger partial charge in [-0.25, -0.2) is 0 Å². The molecule has 7 nitrogen and oxygen atoms in total. The maximum Gasteiger partial charge on any atom is 0.307 e. The van der Waals surface area contributed by atoms with Gasteiger partial charge >= 0.3 is 5.97 Å². The van der Waals surface area contributed by atoms with E-state index in [9.17, 15) is 24.3 Å². The van der Waals surface area contributed by atoms with Crippen molar-refractivity contribution in [1.29, 1.82) is 0 Å². The molecule has 0 aliphatic heterocycles. The van der Waals surface area contributed by atoms with Crippen molar-refractivity contribution in [2.24, 2.45) is 0 Å². The van der Waals surface area contributed by atoms with Crippen molar-refractivity contribution in [1.82, 2.24) is 5.32 Å². The highest BCUT2D eigenvalue weighted by molar-refractivity contribution is 6.06. The number of carbonyl (C=O) groups is 4. The van der Waals surface area contributed by atoms with E-state index in [0.29, 0.717) is 17.0 Å². The summed E-state index contributed by atoms with van der Waals surface area (Å²) in [6, 6.07) is 31.3. The number of aliphatic carboxylic acids is 1. The molecule has 1 amide bonds. The SMILES string of the molecule is O=C(O)CC(O)NC(=O)c1ccc(C(=O)C(CC(=O)c2ccc(-c3ccccc3)cc2)c2ccc(C3CCCCC3)cc2)cc1. The molecule has 0 spiro atoms. The van der Waals surface area contributed by atoms with Crippen LogP contribution in [0.15, 0.2) is 103 Å². The summed E-state index contributed by atoms with van der Waals surface area (Å²) >= 11 is 0. The van der Waals surface area contributed by atoms with E-state index in [4.69, 9.17) is 5.11 Å². The van der Waals surface area contributed by atoms with Crippen LogP contribution in [0.5, 0.6) is 0 Å². The maximum atomic E-state index is 14.0. The zero-order chi connectivity index (χ0) is 31.8. The molecule has 7 heteroatoms. The van der Waals surface area contributed by atoms with Crippen LogP contribution < -0.4 is 5.32 Å². The molecular weight excluding hydrogens is 566 g/mol. The van der Waals surface area contributed by atoms with Crippen molar-refractivity contribution in [3.8, 4) is 11.1 Å². The van der Waals surface area contributed by atoms with E-state index in [1.54, 1.807) is 12.1 Å². The summed E-state index contributed by atoms with van der Waals surface area (Å²) < 4.78 is 0. The summed E-state index contributed by atoms with van der Waals surface area (Å²) in [5.41, 5.74) is 5.09. The molecule has 4 aromatic carbocycles. The van der Waals surface area contributed by atoms with E-state index in [0.717, 1.165) is 29.5 Å². The lowest BCUT2D eigenvalue weighted by atomic mass is 9.81. The normalized spacial score (nSPS) is 14.7. The van der Waals surface area contributed by atoms with Crippen LogP contribution in [-0.4, -0.2) is 39.9 Å². The number of nitrogens with one attached hydrogen (secondary N) is 1. The molecule has 45 heavy (non-hydrogen) atoms. The van der Waals surface area contributed by atoms with Crippen LogP contribution in [0.25, 0.3) is 11.1 Å². The minimum atomic E-state index is -1.54. The van der Waals surface area contributed by atoms with E-state index in [1.807, 2.05) is 54.6 Å². The van der Waals surface area contributed by atoms with E-state index in [2.05, 4.69) is 17.4 Å². The lowest BCUT2D eigenvalue weighted by Crippen LogP contribution is -2.36. The zero-order valence-electron chi connectivity index (χ0n) is 25.0. The quantitative estimate of drug-likeness (QED) is 0.117. The van der Waals surface area contributed by atoms with Gasteiger partial charge in [0.15, 0.2) is 11.6 Å². The van der Waals surface area contributed by atoms with Crippen molar-refractivity contribution in [2.45, 2.75) is 63.0 Å². The molecule has 1 fully saturated rings. The van der Waals surface area contributed by atoms with Crippen molar-refractivity contribution in [2.75, 3.05) is 0 Å². The number of rotatable bonds is 12. The van der Waals surface area contributed by atoms with E-state index in [-0.39, 0.29) is 23.6 Å². The third-order valence-electron chi connectivity index (χ3n) is 8.53. The molecule has 5 rings (SSSR count). The second-order valence-electron chi connectivity index (χ2n) is 11.7. The average molecular weight is 604 g/mol. The largest absolute Gasteiger partial charge is 0.481 e. The molecule has 230 valence electrons. The molecule has 2 atom stereocenters. The maximum absolute atomic E-state index is 14.0. The minimum Gasteiger partial charge on any atom is -0.481 e. The Hall–Kier alpha value is -4.88. The van der Waals surface area contributed by atoms with Gasteiger partial charge < -0.3 is 15.5 Å². The highest BCUT2D eigenvalue weighted by Crippen LogP contribution is 2.34. The number of aliphatic hydroxyl groups excluding tert-OH is 1. The molecule has 2 unspecified atom stereocenters. The van der Waals surface area contributed by atoms with Crippen LogP contribution in [0.4, 0.5) is 0 Å². The van der Waals surface area contributed by atoms with E-state index < -0.39 is 30.4 Å². The van der Waals surface area contributed by atoms with Gasteiger partial charge in [-0.05, 0) is 53.1 Å². The predicted molar refractivity (Wildman–Crippen MR) is 172 cm³/mol.